The number of rotatable bonds is 24. The van der Waals surface area contributed by atoms with Crippen LogP contribution in [0.3, 0.4) is 0 Å². The second-order valence-electron chi connectivity index (χ2n) is 12.6. The molecule has 0 aliphatic carbocycles. The van der Waals surface area contributed by atoms with Gasteiger partial charge in [-0.15, -0.1) is 0 Å². The normalized spacial score (nSPS) is 18.9. The zero-order valence-corrected chi connectivity index (χ0v) is 30.6. The van der Waals surface area contributed by atoms with Crippen LogP contribution in [0.2, 0.25) is 0 Å². The van der Waals surface area contributed by atoms with Crippen molar-refractivity contribution in [1.82, 2.24) is 0 Å². The molecule has 0 radical (unpaired) electrons. The quantitative estimate of drug-likeness (QED) is 0.0510. The summed E-state index contributed by atoms with van der Waals surface area (Å²) in [4.78, 5) is 47.2. The predicted octanol–water partition coefficient (Wildman–Crippen LogP) is 6.37. The Morgan fingerprint density at radius 1 is 0.537 bits per heavy atom. The van der Waals surface area contributed by atoms with Crippen molar-refractivity contribution in [1.29, 1.82) is 0 Å². The molecule has 2 fully saturated rings. The van der Waals surface area contributed by atoms with Crippen LogP contribution >= 0.6 is 0 Å². The summed E-state index contributed by atoms with van der Waals surface area (Å²) in [7, 11) is 0. The number of unbranched alkanes of at least 4 members (excludes halogenated alkanes) is 6. The van der Waals surface area contributed by atoms with E-state index in [1.54, 1.807) is 12.2 Å². The maximum atomic E-state index is 12.6. The maximum absolute atomic E-state index is 12.6. The Balaban J connectivity index is 1.08. The summed E-state index contributed by atoms with van der Waals surface area (Å²) in [5, 5.41) is 0. The minimum absolute atomic E-state index is 0.134. The van der Waals surface area contributed by atoms with Gasteiger partial charge < -0.3 is 37.9 Å². The number of hydrogen-bond acceptors (Lipinski definition) is 12. The first-order chi connectivity index (χ1) is 26.3. The molecule has 2 aromatic rings. The molecular formula is C42H50O12. The second kappa shape index (κ2) is 23.5. The summed E-state index contributed by atoms with van der Waals surface area (Å²) in [6, 6.07) is 14.7. The Hall–Kier alpha value is -5.20. The minimum atomic E-state index is -0.626. The van der Waals surface area contributed by atoms with Crippen LogP contribution < -0.4 is 9.47 Å². The predicted molar refractivity (Wildman–Crippen MR) is 200 cm³/mol. The highest BCUT2D eigenvalue weighted by atomic mass is 16.7. The average molecular weight is 747 g/mol. The Morgan fingerprint density at radius 3 is 1.28 bits per heavy atom. The molecule has 2 aliphatic heterocycles. The fourth-order valence-corrected chi connectivity index (χ4v) is 5.65. The van der Waals surface area contributed by atoms with Crippen molar-refractivity contribution in [2.45, 2.75) is 75.8 Å². The van der Waals surface area contributed by atoms with Crippen molar-refractivity contribution < 1.29 is 57.1 Å². The van der Waals surface area contributed by atoms with Crippen LogP contribution in [-0.2, 0) is 47.6 Å². The SMILES string of the molecule is C=CC(=O)OCCCCCCOc1ccc(/C=C/C(=O)OC2COC3C2OC[C@@H]3OC(=O)/C=C/c2ccc(OCCCCCCOC(=O)C=C)cc2)cc1. The molecule has 2 aromatic carbocycles. The molecule has 2 heterocycles. The third-order valence-corrected chi connectivity index (χ3v) is 8.52. The van der Waals surface area contributed by atoms with Gasteiger partial charge in [0.2, 0.25) is 0 Å². The number of esters is 4. The molecular weight excluding hydrogens is 696 g/mol. The van der Waals surface area contributed by atoms with E-state index in [1.165, 1.54) is 12.2 Å². The number of carbonyl (C=O) groups excluding carboxylic acids is 4. The third kappa shape index (κ3) is 15.0. The lowest BCUT2D eigenvalue weighted by atomic mass is 10.1. The number of carbonyl (C=O) groups is 4. The molecule has 0 bridgehead atoms. The van der Waals surface area contributed by atoms with E-state index < -0.39 is 48.3 Å². The number of hydrogen-bond donors (Lipinski definition) is 0. The summed E-state index contributed by atoms with van der Waals surface area (Å²) >= 11 is 0. The van der Waals surface area contributed by atoms with Gasteiger partial charge in [-0.1, -0.05) is 37.4 Å². The van der Waals surface area contributed by atoms with E-state index in [0.29, 0.717) is 26.4 Å². The number of benzene rings is 2. The summed E-state index contributed by atoms with van der Waals surface area (Å²) in [5.41, 5.74) is 1.61. The topological polar surface area (TPSA) is 142 Å². The first-order valence-electron chi connectivity index (χ1n) is 18.4. The summed E-state index contributed by atoms with van der Waals surface area (Å²) in [5.74, 6) is -0.402. The molecule has 4 rings (SSSR count). The molecule has 290 valence electrons. The van der Waals surface area contributed by atoms with Gasteiger partial charge >= 0.3 is 23.9 Å². The number of ether oxygens (including phenoxy) is 8. The molecule has 0 saturated carbocycles. The molecule has 2 saturated heterocycles. The van der Waals surface area contributed by atoms with Crippen molar-refractivity contribution in [2.24, 2.45) is 0 Å². The lowest BCUT2D eigenvalue weighted by molar-refractivity contribution is -0.149. The third-order valence-electron chi connectivity index (χ3n) is 8.52. The van der Waals surface area contributed by atoms with Crippen LogP contribution in [0, 0.1) is 0 Å². The van der Waals surface area contributed by atoms with Crippen LogP contribution in [0.5, 0.6) is 11.5 Å². The molecule has 0 aromatic heterocycles. The first kappa shape index (κ1) is 41.6. The molecule has 54 heavy (non-hydrogen) atoms. The van der Waals surface area contributed by atoms with E-state index >= 15 is 0 Å². The van der Waals surface area contributed by atoms with Crippen molar-refractivity contribution in [3.63, 3.8) is 0 Å². The molecule has 4 atom stereocenters. The van der Waals surface area contributed by atoms with E-state index in [0.717, 1.165) is 86.1 Å². The van der Waals surface area contributed by atoms with Gasteiger partial charge in [0.05, 0.1) is 39.6 Å². The maximum Gasteiger partial charge on any atom is 0.331 e. The van der Waals surface area contributed by atoms with Crippen LogP contribution in [-0.4, -0.2) is 87.9 Å². The smallest absolute Gasteiger partial charge is 0.331 e. The van der Waals surface area contributed by atoms with Crippen molar-refractivity contribution in [3.05, 3.63) is 97.1 Å². The Morgan fingerprint density at radius 2 is 0.907 bits per heavy atom. The van der Waals surface area contributed by atoms with Crippen molar-refractivity contribution >= 4 is 36.0 Å². The lowest BCUT2D eigenvalue weighted by Crippen LogP contribution is -2.35. The summed E-state index contributed by atoms with van der Waals surface area (Å²) in [6.07, 6.45) is 13.2. The Kier molecular flexibility index (Phi) is 18.1. The van der Waals surface area contributed by atoms with E-state index in [2.05, 4.69) is 13.2 Å². The van der Waals surface area contributed by atoms with Gasteiger partial charge in [-0.3, -0.25) is 0 Å². The summed E-state index contributed by atoms with van der Waals surface area (Å²) in [6.45, 7) is 8.95. The van der Waals surface area contributed by atoms with Gasteiger partial charge in [0, 0.05) is 24.3 Å². The van der Waals surface area contributed by atoms with Crippen molar-refractivity contribution in [3.8, 4) is 11.5 Å². The van der Waals surface area contributed by atoms with Gasteiger partial charge in [-0.05, 0) is 98.9 Å². The van der Waals surface area contributed by atoms with Crippen LogP contribution in [0.15, 0.2) is 86.0 Å². The first-order valence-corrected chi connectivity index (χ1v) is 18.4. The zero-order valence-electron chi connectivity index (χ0n) is 30.6. The molecule has 0 amide bonds. The Labute approximate surface area is 316 Å². The highest BCUT2D eigenvalue weighted by molar-refractivity contribution is 5.88. The van der Waals surface area contributed by atoms with Crippen molar-refractivity contribution in [2.75, 3.05) is 39.6 Å². The standard InChI is InChI=1S/C42H50O12/c1-3-37(43)49-27-11-7-5-9-25-47-33-19-13-31(14-20-33)17-23-39(45)53-35-29-51-42-36(30-52-41(35)42)54-40(46)24-18-32-15-21-34(22-16-32)48-26-10-6-8-12-28-50-38(44)4-2/h3-4,13-24,35-36,41-42H,1-2,5-12,25-30H2/b23-17+,24-18+/t35-,36?,41?,42?/m0/s1. The zero-order chi connectivity index (χ0) is 38.4. The average Bonchev–Trinajstić information content (AvgIpc) is 3.78. The molecule has 0 N–H and O–H groups in total. The van der Waals surface area contributed by atoms with Crippen LogP contribution in [0.4, 0.5) is 0 Å². The van der Waals surface area contributed by atoms with E-state index in [4.69, 9.17) is 37.9 Å². The van der Waals surface area contributed by atoms with Crippen LogP contribution in [0.25, 0.3) is 12.2 Å². The monoisotopic (exact) mass is 746 g/mol. The highest BCUT2D eigenvalue weighted by Crippen LogP contribution is 2.31. The van der Waals surface area contributed by atoms with Gasteiger partial charge in [0.15, 0.2) is 12.2 Å². The van der Waals surface area contributed by atoms with Gasteiger partial charge in [0.1, 0.15) is 23.7 Å². The lowest BCUT2D eigenvalue weighted by Gasteiger charge is -2.16. The molecule has 3 unspecified atom stereocenters. The van der Waals surface area contributed by atoms with E-state index in [9.17, 15) is 19.2 Å². The summed E-state index contributed by atoms with van der Waals surface area (Å²) < 4.78 is 44.3. The number of fused-ring (bicyclic) bond motifs is 1. The molecule has 12 nitrogen and oxygen atoms in total. The van der Waals surface area contributed by atoms with Crippen LogP contribution in [0.1, 0.15) is 62.5 Å². The highest BCUT2D eigenvalue weighted by Gasteiger charge is 2.51. The Bertz CT molecular complexity index is 1450. The van der Waals surface area contributed by atoms with E-state index in [1.807, 2.05) is 48.5 Å². The molecule has 2 aliphatic rings. The van der Waals surface area contributed by atoms with Gasteiger partial charge in [-0.2, -0.15) is 0 Å². The minimum Gasteiger partial charge on any atom is -0.494 e. The largest absolute Gasteiger partial charge is 0.494 e. The fourth-order valence-electron chi connectivity index (χ4n) is 5.65. The van der Waals surface area contributed by atoms with E-state index in [-0.39, 0.29) is 13.2 Å². The molecule has 12 heteroatoms. The fraction of sp³-hybridized carbons (Fsp3) is 0.429. The van der Waals surface area contributed by atoms with Gasteiger partial charge in [-0.25, -0.2) is 19.2 Å². The second-order valence-corrected chi connectivity index (χ2v) is 12.6. The molecule has 0 spiro atoms. The van der Waals surface area contributed by atoms with Gasteiger partial charge in [0.25, 0.3) is 0 Å².